The molecule has 0 aromatic heterocycles. The first-order valence-electron chi connectivity index (χ1n) is 8.40. The van der Waals surface area contributed by atoms with E-state index in [1.807, 2.05) is 6.07 Å². The molecule has 6 nitrogen and oxygen atoms in total. The maximum atomic E-state index is 13.3. The van der Waals surface area contributed by atoms with Gasteiger partial charge < -0.3 is 14.8 Å². The van der Waals surface area contributed by atoms with Crippen LogP contribution in [0.1, 0.15) is 18.1 Å². The van der Waals surface area contributed by atoms with E-state index in [9.17, 15) is 14.0 Å². The predicted octanol–water partition coefficient (Wildman–Crippen LogP) is 4.12. The second-order valence-electron chi connectivity index (χ2n) is 5.97. The molecule has 1 heterocycles. The number of amidine groups is 1. The molecule has 0 saturated heterocycles. The normalized spacial score (nSPS) is 14.7. The van der Waals surface area contributed by atoms with E-state index in [-0.39, 0.29) is 23.5 Å². The number of nitrogens with one attached hydrogen (secondary N) is 1. The molecule has 29 heavy (non-hydrogen) atoms. The van der Waals surface area contributed by atoms with Gasteiger partial charge in [-0.2, -0.15) is 4.99 Å². The molecule has 2 aromatic carbocycles. The van der Waals surface area contributed by atoms with Crippen LogP contribution in [0.2, 0.25) is 0 Å². The van der Waals surface area contributed by atoms with Crippen molar-refractivity contribution in [1.82, 2.24) is 5.32 Å². The Morgan fingerprint density at radius 1 is 1.34 bits per heavy atom. The number of halogens is 2. The van der Waals surface area contributed by atoms with E-state index in [1.165, 1.54) is 26.2 Å². The topological polar surface area (TPSA) is 77.0 Å². The summed E-state index contributed by atoms with van der Waals surface area (Å²) in [6.45, 7) is 1.54. The number of methoxy groups -OCH3 is 1. The average molecular weight is 526 g/mol. The Morgan fingerprint density at radius 2 is 2.14 bits per heavy atom. The molecule has 0 spiro atoms. The minimum atomic E-state index is -0.417. The molecule has 9 heteroatoms. The van der Waals surface area contributed by atoms with Crippen LogP contribution in [-0.2, 0) is 16.2 Å². The van der Waals surface area contributed by atoms with E-state index in [0.717, 1.165) is 20.9 Å². The maximum Gasteiger partial charge on any atom is 0.286 e. The number of carbonyl (C=O) groups excluding carboxylic acids is 2. The highest BCUT2D eigenvalue weighted by Crippen LogP contribution is 2.36. The lowest BCUT2D eigenvalue weighted by Gasteiger charge is -2.14. The average Bonchev–Trinajstić information content (AvgIpc) is 2.98. The van der Waals surface area contributed by atoms with E-state index in [0.29, 0.717) is 22.0 Å². The summed E-state index contributed by atoms with van der Waals surface area (Å²) in [4.78, 5) is 27.4. The lowest BCUT2D eigenvalue weighted by molar-refractivity contribution is -0.117. The number of aliphatic imine (C=N–C) groups is 1. The number of carbonyl (C=O) groups is 2. The van der Waals surface area contributed by atoms with E-state index in [4.69, 9.17) is 9.47 Å². The number of thioether (sulfide) groups is 1. The molecule has 1 aliphatic rings. The van der Waals surface area contributed by atoms with E-state index in [1.54, 1.807) is 24.3 Å². The first-order valence-corrected chi connectivity index (χ1v) is 10.3. The van der Waals surface area contributed by atoms with Gasteiger partial charge in [-0.25, -0.2) is 4.39 Å². The summed E-state index contributed by atoms with van der Waals surface area (Å²) in [6.07, 6.45) is 1.67. The third-order valence-electron chi connectivity index (χ3n) is 3.73. The summed E-state index contributed by atoms with van der Waals surface area (Å²) in [6, 6.07) is 9.75. The monoisotopic (exact) mass is 526 g/mol. The first-order chi connectivity index (χ1) is 13.9. The lowest BCUT2D eigenvalue weighted by Crippen LogP contribution is -2.23. The van der Waals surface area contributed by atoms with Crippen LogP contribution in [0.3, 0.4) is 0 Å². The van der Waals surface area contributed by atoms with Gasteiger partial charge >= 0.3 is 0 Å². The van der Waals surface area contributed by atoms with Crippen LogP contribution in [0.5, 0.6) is 11.5 Å². The van der Waals surface area contributed by atoms with Crippen molar-refractivity contribution in [3.05, 3.63) is 61.8 Å². The molecule has 0 atom stereocenters. The van der Waals surface area contributed by atoms with Gasteiger partial charge in [0.15, 0.2) is 16.7 Å². The zero-order chi connectivity index (χ0) is 21.0. The van der Waals surface area contributed by atoms with Crippen LogP contribution < -0.4 is 14.8 Å². The fraction of sp³-hybridized carbons (Fsp3) is 0.150. The van der Waals surface area contributed by atoms with Crippen molar-refractivity contribution < 1.29 is 23.5 Å². The fourth-order valence-electron chi connectivity index (χ4n) is 2.51. The highest BCUT2D eigenvalue weighted by atomic mass is 127. The van der Waals surface area contributed by atoms with Crippen molar-refractivity contribution in [3.8, 4) is 11.5 Å². The SMILES string of the molecule is COc1cc(/C=C2\SC(NC(C)=O)=NC2=O)cc(I)c1OCc1cccc(F)c1. The van der Waals surface area contributed by atoms with Crippen molar-refractivity contribution in [2.45, 2.75) is 13.5 Å². The number of nitrogens with zero attached hydrogens (tertiary/aromatic N) is 1. The van der Waals surface area contributed by atoms with Crippen molar-refractivity contribution in [3.63, 3.8) is 0 Å². The van der Waals surface area contributed by atoms with Crippen LogP contribution in [0.25, 0.3) is 6.08 Å². The zero-order valence-electron chi connectivity index (χ0n) is 15.5. The smallest absolute Gasteiger partial charge is 0.286 e. The predicted molar refractivity (Wildman–Crippen MR) is 118 cm³/mol. The highest BCUT2D eigenvalue weighted by Gasteiger charge is 2.23. The molecule has 2 aromatic rings. The Labute approximate surface area is 184 Å². The molecule has 1 aliphatic heterocycles. The molecular formula is C20H16FIN2O4S. The quantitative estimate of drug-likeness (QED) is 0.469. The summed E-state index contributed by atoms with van der Waals surface area (Å²) in [7, 11) is 1.52. The van der Waals surface area contributed by atoms with E-state index >= 15 is 0 Å². The summed E-state index contributed by atoms with van der Waals surface area (Å²) in [5.41, 5.74) is 1.42. The number of hydrogen-bond donors (Lipinski definition) is 1. The molecule has 150 valence electrons. The Morgan fingerprint density at radius 3 is 2.83 bits per heavy atom. The Kier molecular flexibility index (Phi) is 6.91. The van der Waals surface area contributed by atoms with Crippen molar-refractivity contribution in [2.24, 2.45) is 4.99 Å². The minimum absolute atomic E-state index is 0.187. The van der Waals surface area contributed by atoms with Crippen LogP contribution in [0.15, 0.2) is 46.3 Å². The van der Waals surface area contributed by atoms with Gasteiger partial charge in [-0.05, 0) is 75.8 Å². The molecule has 0 aliphatic carbocycles. The molecule has 0 fully saturated rings. The van der Waals surface area contributed by atoms with Crippen molar-refractivity contribution in [2.75, 3.05) is 7.11 Å². The van der Waals surface area contributed by atoms with Crippen LogP contribution in [0.4, 0.5) is 4.39 Å². The highest BCUT2D eigenvalue weighted by molar-refractivity contribution is 14.1. The molecule has 2 amide bonds. The molecule has 0 bridgehead atoms. The van der Waals surface area contributed by atoms with Crippen molar-refractivity contribution >= 4 is 57.4 Å². The van der Waals surface area contributed by atoms with E-state index < -0.39 is 5.91 Å². The van der Waals surface area contributed by atoms with Gasteiger partial charge in [-0.15, -0.1) is 0 Å². The first kappa shape index (κ1) is 21.3. The maximum absolute atomic E-state index is 13.3. The van der Waals surface area contributed by atoms with Gasteiger partial charge in [0.05, 0.1) is 15.6 Å². The molecule has 0 radical (unpaired) electrons. The van der Waals surface area contributed by atoms with Gasteiger partial charge in [0, 0.05) is 6.92 Å². The van der Waals surface area contributed by atoms with Crippen LogP contribution in [0, 0.1) is 9.39 Å². The van der Waals surface area contributed by atoms with Gasteiger partial charge in [0.25, 0.3) is 5.91 Å². The fourth-order valence-corrected chi connectivity index (χ4v) is 4.15. The third kappa shape index (κ3) is 5.57. The second kappa shape index (κ2) is 9.40. The molecule has 0 saturated carbocycles. The number of benzene rings is 2. The second-order valence-corrected chi connectivity index (χ2v) is 8.16. The molecule has 1 N–H and O–H groups in total. The standard InChI is InChI=1S/C20H16FIN2O4S/c1-11(25)23-20-24-19(26)17(29-20)9-13-7-15(22)18(16(8-13)27-2)28-10-12-4-3-5-14(21)6-12/h3-9H,10H2,1-2H3,(H,23,24,25,26)/b17-9-. The molecule has 0 unspecified atom stereocenters. The third-order valence-corrected chi connectivity index (χ3v) is 5.43. The molecule has 3 rings (SSSR count). The largest absolute Gasteiger partial charge is 0.493 e. The number of hydrogen-bond acceptors (Lipinski definition) is 5. The summed E-state index contributed by atoms with van der Waals surface area (Å²) in [5.74, 6) is -0.0199. The Balaban J connectivity index is 1.80. The van der Waals surface area contributed by atoms with Crippen LogP contribution in [-0.4, -0.2) is 24.1 Å². The summed E-state index contributed by atoms with van der Waals surface area (Å²) in [5, 5.41) is 2.76. The van der Waals surface area contributed by atoms with Gasteiger partial charge in [0.2, 0.25) is 5.91 Å². The number of rotatable bonds is 5. The Bertz CT molecular complexity index is 1040. The molecular weight excluding hydrogens is 510 g/mol. The van der Waals surface area contributed by atoms with E-state index in [2.05, 4.69) is 32.9 Å². The van der Waals surface area contributed by atoms with Gasteiger partial charge in [-0.3, -0.25) is 9.59 Å². The van der Waals surface area contributed by atoms with Gasteiger partial charge in [-0.1, -0.05) is 12.1 Å². The minimum Gasteiger partial charge on any atom is -0.493 e. The zero-order valence-corrected chi connectivity index (χ0v) is 18.5. The summed E-state index contributed by atoms with van der Waals surface area (Å²) >= 11 is 3.20. The van der Waals surface area contributed by atoms with Crippen molar-refractivity contribution in [1.29, 1.82) is 0 Å². The lowest BCUT2D eigenvalue weighted by atomic mass is 10.2. The number of ether oxygens (including phenoxy) is 2. The van der Waals surface area contributed by atoms with Gasteiger partial charge in [0.1, 0.15) is 12.4 Å². The van der Waals surface area contributed by atoms with Crippen LogP contribution >= 0.6 is 34.4 Å². The Hall–Kier alpha value is -2.40. The number of amides is 2. The summed E-state index contributed by atoms with van der Waals surface area (Å²) < 4.78 is 25.4.